The molecule has 5 nitrogen and oxygen atoms in total. The highest BCUT2D eigenvalue weighted by atomic mass is 16.3. The number of aromatic nitrogens is 1. The van der Waals surface area contributed by atoms with Crippen molar-refractivity contribution in [1.82, 2.24) is 10.3 Å². The van der Waals surface area contributed by atoms with E-state index in [4.69, 9.17) is 0 Å². The fourth-order valence-corrected chi connectivity index (χ4v) is 2.03. The van der Waals surface area contributed by atoms with Gasteiger partial charge in [-0.05, 0) is 24.6 Å². The quantitative estimate of drug-likeness (QED) is 0.649. The Morgan fingerprint density at radius 1 is 1.32 bits per heavy atom. The van der Waals surface area contributed by atoms with Crippen LogP contribution in [0.1, 0.15) is 23.7 Å². The number of aliphatic hydroxyl groups excluding tert-OH is 2. The molecule has 0 aliphatic heterocycles. The molecule has 0 saturated heterocycles. The van der Waals surface area contributed by atoms with E-state index in [9.17, 15) is 15.0 Å². The normalized spacial score (nSPS) is 11.7. The molecule has 0 radical (unpaired) electrons. The molecule has 2 aromatic rings. The fourth-order valence-electron chi connectivity index (χ4n) is 2.03. The summed E-state index contributed by atoms with van der Waals surface area (Å²) in [5.41, 5.74) is 0.427. The predicted octanol–water partition coefficient (Wildman–Crippen LogP) is 1.03. The third-order valence-corrected chi connectivity index (χ3v) is 3.50. The lowest BCUT2D eigenvalue weighted by Crippen LogP contribution is -2.53. The molecule has 0 fully saturated rings. The van der Waals surface area contributed by atoms with E-state index >= 15 is 0 Å². The lowest BCUT2D eigenvalue weighted by Gasteiger charge is -2.29. The van der Waals surface area contributed by atoms with Crippen LogP contribution in [0.3, 0.4) is 0 Å². The van der Waals surface area contributed by atoms with Gasteiger partial charge in [-0.25, -0.2) is 0 Å². The van der Waals surface area contributed by atoms with E-state index in [2.05, 4.69) is 10.3 Å². The number of benzene rings is 1. The molecule has 5 heteroatoms. The molecule has 0 spiro atoms. The van der Waals surface area contributed by atoms with Gasteiger partial charge in [0.05, 0.1) is 18.8 Å². The molecule has 0 atom stereocenters. The standard InChI is InChI=1S/C14H18N2O3/c1-2-14(8-17,9-18)16-13(19)11-4-3-5-12-10(11)6-7-15-12/h3-7,15,17-18H,2,8-9H2,1H3,(H,16,19). The largest absolute Gasteiger partial charge is 0.394 e. The van der Waals surface area contributed by atoms with Crippen molar-refractivity contribution in [3.05, 3.63) is 36.0 Å². The molecule has 1 heterocycles. The van der Waals surface area contributed by atoms with E-state index in [-0.39, 0.29) is 19.1 Å². The van der Waals surface area contributed by atoms with Crippen LogP contribution in [0.4, 0.5) is 0 Å². The second-order valence-corrected chi connectivity index (χ2v) is 4.65. The van der Waals surface area contributed by atoms with E-state index in [1.807, 2.05) is 19.1 Å². The molecule has 0 saturated carbocycles. The van der Waals surface area contributed by atoms with Crippen LogP contribution in [0.25, 0.3) is 10.9 Å². The van der Waals surface area contributed by atoms with Gasteiger partial charge in [-0.1, -0.05) is 13.0 Å². The Morgan fingerprint density at radius 3 is 2.68 bits per heavy atom. The summed E-state index contributed by atoms with van der Waals surface area (Å²) in [6.07, 6.45) is 2.22. The van der Waals surface area contributed by atoms with Gasteiger partial charge in [0.25, 0.3) is 5.91 Å². The summed E-state index contributed by atoms with van der Waals surface area (Å²) in [6.45, 7) is 1.22. The third-order valence-electron chi connectivity index (χ3n) is 3.50. The van der Waals surface area contributed by atoms with Gasteiger partial charge in [0.2, 0.25) is 0 Å². The van der Waals surface area contributed by atoms with Gasteiger partial charge in [0, 0.05) is 22.7 Å². The van der Waals surface area contributed by atoms with Crippen molar-refractivity contribution < 1.29 is 15.0 Å². The fraction of sp³-hybridized carbons (Fsp3) is 0.357. The van der Waals surface area contributed by atoms with Crippen molar-refractivity contribution >= 4 is 16.8 Å². The van der Waals surface area contributed by atoms with E-state index in [0.717, 1.165) is 10.9 Å². The highest BCUT2D eigenvalue weighted by Crippen LogP contribution is 2.18. The number of hydrogen-bond donors (Lipinski definition) is 4. The average Bonchev–Trinajstić information content (AvgIpc) is 2.93. The smallest absolute Gasteiger partial charge is 0.252 e. The first-order chi connectivity index (χ1) is 9.15. The zero-order valence-corrected chi connectivity index (χ0v) is 10.8. The molecule has 1 aromatic heterocycles. The maximum absolute atomic E-state index is 12.3. The Labute approximate surface area is 111 Å². The number of aliphatic hydroxyl groups is 2. The van der Waals surface area contributed by atoms with Gasteiger partial charge in [0.15, 0.2) is 0 Å². The zero-order chi connectivity index (χ0) is 13.9. The Morgan fingerprint density at radius 2 is 2.05 bits per heavy atom. The first kappa shape index (κ1) is 13.6. The lowest BCUT2D eigenvalue weighted by atomic mass is 9.97. The number of fused-ring (bicyclic) bond motifs is 1. The molecule has 19 heavy (non-hydrogen) atoms. The summed E-state index contributed by atoms with van der Waals surface area (Å²) in [6, 6.07) is 7.23. The van der Waals surface area contributed by atoms with E-state index in [1.165, 1.54) is 0 Å². The van der Waals surface area contributed by atoms with Crippen molar-refractivity contribution in [1.29, 1.82) is 0 Å². The van der Waals surface area contributed by atoms with E-state index < -0.39 is 5.54 Å². The summed E-state index contributed by atoms with van der Waals surface area (Å²) in [4.78, 5) is 15.3. The minimum atomic E-state index is -0.977. The van der Waals surface area contributed by atoms with Crippen LogP contribution in [0, 0.1) is 0 Å². The minimum Gasteiger partial charge on any atom is -0.394 e. The number of nitrogens with one attached hydrogen (secondary N) is 2. The molecule has 2 rings (SSSR count). The number of H-pyrrole nitrogens is 1. The SMILES string of the molecule is CCC(CO)(CO)NC(=O)c1cccc2[nH]ccc12. The van der Waals surface area contributed by atoms with Crippen LogP contribution in [-0.4, -0.2) is 39.9 Å². The molecule has 1 aromatic carbocycles. The molecule has 1 amide bonds. The van der Waals surface area contributed by atoms with Crippen molar-refractivity contribution in [2.45, 2.75) is 18.9 Å². The maximum atomic E-state index is 12.3. The summed E-state index contributed by atoms with van der Waals surface area (Å²) in [5.74, 6) is -0.296. The lowest BCUT2D eigenvalue weighted by molar-refractivity contribution is 0.0654. The molecule has 4 N–H and O–H groups in total. The second kappa shape index (κ2) is 5.42. The average molecular weight is 262 g/mol. The number of hydrogen-bond acceptors (Lipinski definition) is 3. The summed E-state index contributed by atoms with van der Waals surface area (Å²) < 4.78 is 0. The van der Waals surface area contributed by atoms with Gasteiger partial charge in [-0.15, -0.1) is 0 Å². The predicted molar refractivity (Wildman–Crippen MR) is 73.0 cm³/mol. The van der Waals surface area contributed by atoms with Crippen molar-refractivity contribution in [2.24, 2.45) is 0 Å². The van der Waals surface area contributed by atoms with Crippen LogP contribution in [0.2, 0.25) is 0 Å². The number of carbonyl (C=O) groups excluding carboxylic acids is 1. The van der Waals surface area contributed by atoms with E-state index in [0.29, 0.717) is 12.0 Å². The Balaban J connectivity index is 2.32. The second-order valence-electron chi connectivity index (χ2n) is 4.65. The number of amides is 1. The minimum absolute atomic E-state index is 0.296. The molecule has 102 valence electrons. The highest BCUT2D eigenvalue weighted by molar-refractivity contribution is 6.06. The Kier molecular flexibility index (Phi) is 3.87. The van der Waals surface area contributed by atoms with Gasteiger partial charge >= 0.3 is 0 Å². The van der Waals surface area contributed by atoms with Crippen LogP contribution >= 0.6 is 0 Å². The molecule has 0 aliphatic rings. The Bertz CT molecular complexity index is 565. The molecular weight excluding hydrogens is 244 g/mol. The van der Waals surface area contributed by atoms with Crippen LogP contribution in [-0.2, 0) is 0 Å². The third kappa shape index (κ3) is 2.47. The molecular formula is C14H18N2O3. The van der Waals surface area contributed by atoms with Gasteiger partial charge < -0.3 is 20.5 Å². The van der Waals surface area contributed by atoms with Gasteiger partial charge in [-0.2, -0.15) is 0 Å². The zero-order valence-electron chi connectivity index (χ0n) is 10.8. The number of carbonyl (C=O) groups is 1. The van der Waals surface area contributed by atoms with Crippen molar-refractivity contribution in [3.8, 4) is 0 Å². The van der Waals surface area contributed by atoms with Crippen LogP contribution < -0.4 is 5.32 Å². The maximum Gasteiger partial charge on any atom is 0.252 e. The summed E-state index contributed by atoms with van der Waals surface area (Å²) in [5, 5.41) is 22.3. The van der Waals surface area contributed by atoms with Crippen LogP contribution in [0.15, 0.2) is 30.5 Å². The molecule has 0 bridgehead atoms. The Hall–Kier alpha value is -1.85. The van der Waals surface area contributed by atoms with Crippen LogP contribution in [0.5, 0.6) is 0 Å². The first-order valence-corrected chi connectivity index (χ1v) is 6.26. The molecule has 0 unspecified atom stereocenters. The molecule has 0 aliphatic carbocycles. The highest BCUT2D eigenvalue weighted by Gasteiger charge is 2.29. The van der Waals surface area contributed by atoms with E-state index in [1.54, 1.807) is 18.3 Å². The number of aromatic amines is 1. The topological polar surface area (TPSA) is 85.3 Å². The first-order valence-electron chi connectivity index (χ1n) is 6.26. The van der Waals surface area contributed by atoms with Crippen molar-refractivity contribution in [3.63, 3.8) is 0 Å². The van der Waals surface area contributed by atoms with Gasteiger partial charge in [0.1, 0.15) is 0 Å². The monoisotopic (exact) mass is 262 g/mol. The van der Waals surface area contributed by atoms with Crippen molar-refractivity contribution in [2.75, 3.05) is 13.2 Å². The summed E-state index contributed by atoms with van der Waals surface area (Å²) in [7, 11) is 0. The summed E-state index contributed by atoms with van der Waals surface area (Å²) >= 11 is 0. The number of rotatable bonds is 5. The van der Waals surface area contributed by atoms with Gasteiger partial charge in [-0.3, -0.25) is 4.79 Å².